The van der Waals surface area contributed by atoms with E-state index in [1.807, 2.05) is 24.3 Å². The molecule has 0 saturated carbocycles. The molecule has 0 aliphatic carbocycles. The molecule has 2 aromatic carbocycles. The molecule has 0 radical (unpaired) electrons. The quantitative estimate of drug-likeness (QED) is 0.502. The number of amides is 1. The first kappa shape index (κ1) is 21.7. The minimum absolute atomic E-state index is 0.108. The Kier molecular flexibility index (Phi) is 7.75. The number of nitro benzene ring substituents is 1. The Hall–Kier alpha value is -2.97. The Labute approximate surface area is 175 Å². The van der Waals surface area contributed by atoms with E-state index < -0.39 is 4.92 Å². The molecule has 1 saturated heterocycles. The fourth-order valence-corrected chi connectivity index (χ4v) is 3.41. The number of benzene rings is 2. The molecular weight excluding hydrogens is 386 g/mol. The minimum Gasteiger partial charge on any atom is -0.492 e. The first-order valence-corrected chi connectivity index (χ1v) is 10.1. The van der Waals surface area contributed by atoms with Gasteiger partial charge in [0, 0.05) is 50.0 Å². The van der Waals surface area contributed by atoms with Gasteiger partial charge in [0.2, 0.25) is 0 Å². The van der Waals surface area contributed by atoms with Gasteiger partial charge in [0.05, 0.1) is 4.92 Å². The lowest BCUT2D eigenvalue weighted by atomic mass is 10.1. The van der Waals surface area contributed by atoms with E-state index in [-0.39, 0.29) is 17.2 Å². The maximum Gasteiger partial charge on any atom is 0.270 e. The van der Waals surface area contributed by atoms with Crippen LogP contribution in [-0.4, -0.2) is 55.2 Å². The predicted molar refractivity (Wildman–Crippen MR) is 113 cm³/mol. The van der Waals surface area contributed by atoms with Crippen molar-refractivity contribution in [1.29, 1.82) is 0 Å². The molecule has 0 unspecified atom stereocenters. The molecule has 0 spiro atoms. The summed E-state index contributed by atoms with van der Waals surface area (Å²) in [4.78, 5) is 25.0. The van der Waals surface area contributed by atoms with E-state index in [0.29, 0.717) is 19.2 Å². The Morgan fingerprint density at radius 3 is 2.77 bits per heavy atom. The van der Waals surface area contributed by atoms with Crippen LogP contribution in [0.2, 0.25) is 0 Å². The van der Waals surface area contributed by atoms with Crippen LogP contribution in [0.25, 0.3) is 0 Å². The van der Waals surface area contributed by atoms with Crippen molar-refractivity contribution in [2.24, 2.45) is 0 Å². The number of carbonyl (C=O) groups excluding carboxylic acids is 1. The lowest BCUT2D eigenvalue weighted by Gasteiger charge is -2.31. The second kappa shape index (κ2) is 10.7. The zero-order chi connectivity index (χ0) is 21.3. The summed E-state index contributed by atoms with van der Waals surface area (Å²) < 4.78 is 11.3. The van der Waals surface area contributed by atoms with Gasteiger partial charge in [-0.1, -0.05) is 18.2 Å². The van der Waals surface area contributed by atoms with Crippen molar-refractivity contribution in [3.8, 4) is 5.75 Å². The summed E-state index contributed by atoms with van der Waals surface area (Å²) in [5, 5.41) is 13.7. The van der Waals surface area contributed by atoms with E-state index >= 15 is 0 Å². The normalized spacial score (nSPS) is 14.5. The average molecular weight is 413 g/mol. The molecule has 1 heterocycles. The van der Waals surface area contributed by atoms with Crippen LogP contribution in [-0.2, 0) is 11.3 Å². The molecule has 1 aliphatic heterocycles. The van der Waals surface area contributed by atoms with E-state index in [9.17, 15) is 14.9 Å². The summed E-state index contributed by atoms with van der Waals surface area (Å²) in [6.45, 7) is 3.36. The second-order valence-electron chi connectivity index (χ2n) is 7.31. The summed E-state index contributed by atoms with van der Waals surface area (Å²) in [7, 11) is 2.11. The summed E-state index contributed by atoms with van der Waals surface area (Å²) >= 11 is 0. The molecule has 3 rings (SSSR count). The van der Waals surface area contributed by atoms with Crippen LogP contribution in [0.3, 0.4) is 0 Å². The highest BCUT2D eigenvalue weighted by Crippen LogP contribution is 2.16. The first-order chi connectivity index (χ1) is 14.5. The van der Waals surface area contributed by atoms with E-state index in [0.717, 1.165) is 43.9 Å². The Bertz CT molecular complexity index is 867. The highest BCUT2D eigenvalue weighted by Gasteiger charge is 2.18. The maximum atomic E-state index is 12.3. The number of rotatable bonds is 9. The molecule has 1 N–H and O–H groups in total. The van der Waals surface area contributed by atoms with Gasteiger partial charge in [-0.2, -0.15) is 0 Å². The van der Waals surface area contributed by atoms with Gasteiger partial charge in [-0.3, -0.25) is 19.8 Å². The number of nitrogens with zero attached hydrogens (tertiary/aromatic N) is 2. The SMILES string of the molecule is CN(CCOc1cccc(CNC(=O)c2cccc([N+](=O)[O-])c2)c1)C1CCOCC1. The van der Waals surface area contributed by atoms with E-state index in [2.05, 4.69) is 17.3 Å². The van der Waals surface area contributed by atoms with Gasteiger partial charge in [0.1, 0.15) is 12.4 Å². The molecule has 30 heavy (non-hydrogen) atoms. The molecule has 160 valence electrons. The summed E-state index contributed by atoms with van der Waals surface area (Å²) in [5.41, 5.74) is 1.04. The number of likely N-dealkylation sites (N-methyl/N-ethyl adjacent to an activating group) is 1. The smallest absolute Gasteiger partial charge is 0.270 e. The molecule has 8 heteroatoms. The number of non-ortho nitro benzene ring substituents is 1. The lowest BCUT2D eigenvalue weighted by Crippen LogP contribution is -2.38. The van der Waals surface area contributed by atoms with Crippen molar-refractivity contribution in [2.75, 3.05) is 33.4 Å². The summed E-state index contributed by atoms with van der Waals surface area (Å²) in [6.07, 6.45) is 2.10. The van der Waals surface area contributed by atoms with Crippen molar-refractivity contribution in [1.82, 2.24) is 10.2 Å². The maximum absolute atomic E-state index is 12.3. The number of hydrogen-bond donors (Lipinski definition) is 1. The minimum atomic E-state index is -0.517. The highest BCUT2D eigenvalue weighted by molar-refractivity contribution is 5.94. The van der Waals surface area contributed by atoms with Crippen LogP contribution < -0.4 is 10.1 Å². The van der Waals surface area contributed by atoms with Gasteiger partial charge in [-0.05, 0) is 43.7 Å². The monoisotopic (exact) mass is 413 g/mol. The molecular formula is C22H27N3O5. The van der Waals surface area contributed by atoms with Crippen molar-refractivity contribution in [2.45, 2.75) is 25.4 Å². The van der Waals surface area contributed by atoms with Gasteiger partial charge < -0.3 is 14.8 Å². The van der Waals surface area contributed by atoms with Gasteiger partial charge in [-0.25, -0.2) is 0 Å². The summed E-state index contributed by atoms with van der Waals surface area (Å²) in [5.74, 6) is 0.389. The van der Waals surface area contributed by atoms with Crippen LogP contribution in [0, 0.1) is 10.1 Å². The van der Waals surface area contributed by atoms with Crippen LogP contribution in [0.5, 0.6) is 5.75 Å². The van der Waals surface area contributed by atoms with Crippen LogP contribution in [0.1, 0.15) is 28.8 Å². The van der Waals surface area contributed by atoms with Crippen molar-refractivity contribution < 1.29 is 19.2 Å². The topological polar surface area (TPSA) is 93.9 Å². The first-order valence-electron chi connectivity index (χ1n) is 10.1. The number of hydrogen-bond acceptors (Lipinski definition) is 6. The van der Waals surface area contributed by atoms with Crippen molar-refractivity contribution in [3.63, 3.8) is 0 Å². The Morgan fingerprint density at radius 2 is 2.00 bits per heavy atom. The highest BCUT2D eigenvalue weighted by atomic mass is 16.6. The van der Waals surface area contributed by atoms with Crippen molar-refractivity contribution in [3.05, 3.63) is 69.8 Å². The molecule has 0 bridgehead atoms. The third kappa shape index (κ3) is 6.27. The van der Waals surface area contributed by atoms with Gasteiger partial charge in [-0.15, -0.1) is 0 Å². The Morgan fingerprint density at radius 1 is 1.23 bits per heavy atom. The van der Waals surface area contributed by atoms with Gasteiger partial charge >= 0.3 is 0 Å². The van der Waals surface area contributed by atoms with Crippen LogP contribution >= 0.6 is 0 Å². The Balaban J connectivity index is 1.47. The third-order valence-electron chi connectivity index (χ3n) is 5.20. The van der Waals surface area contributed by atoms with Crippen LogP contribution in [0.4, 0.5) is 5.69 Å². The number of nitro groups is 1. The number of ether oxygens (including phenoxy) is 2. The lowest BCUT2D eigenvalue weighted by molar-refractivity contribution is -0.384. The largest absolute Gasteiger partial charge is 0.492 e. The van der Waals surface area contributed by atoms with Crippen LogP contribution in [0.15, 0.2) is 48.5 Å². The van der Waals surface area contributed by atoms with E-state index in [1.165, 1.54) is 18.2 Å². The molecule has 2 aromatic rings. The summed E-state index contributed by atoms with van der Waals surface area (Å²) in [6, 6.07) is 13.8. The standard InChI is InChI=1S/C22H27N3O5/c1-24(19-8-11-29-12-9-19)10-13-30-21-7-2-4-17(14-21)16-23-22(26)18-5-3-6-20(15-18)25(27)28/h2-7,14-15,19H,8-13,16H2,1H3,(H,23,26). The molecule has 0 aromatic heterocycles. The number of carbonyl (C=O) groups is 1. The second-order valence-corrected chi connectivity index (χ2v) is 7.31. The third-order valence-corrected chi connectivity index (χ3v) is 5.20. The molecule has 8 nitrogen and oxygen atoms in total. The van der Waals surface area contributed by atoms with Gasteiger partial charge in [0.15, 0.2) is 0 Å². The van der Waals surface area contributed by atoms with E-state index in [1.54, 1.807) is 6.07 Å². The predicted octanol–water partition coefficient (Wildman–Crippen LogP) is 3.01. The molecule has 1 fully saturated rings. The fraction of sp³-hybridized carbons (Fsp3) is 0.409. The van der Waals surface area contributed by atoms with Crippen molar-refractivity contribution >= 4 is 11.6 Å². The molecule has 1 aliphatic rings. The van der Waals surface area contributed by atoms with Gasteiger partial charge in [0.25, 0.3) is 11.6 Å². The molecule has 1 amide bonds. The average Bonchev–Trinajstić information content (AvgIpc) is 2.78. The van der Waals surface area contributed by atoms with E-state index in [4.69, 9.17) is 9.47 Å². The zero-order valence-corrected chi connectivity index (χ0v) is 17.1. The fourth-order valence-electron chi connectivity index (χ4n) is 3.41. The number of nitrogens with one attached hydrogen (secondary N) is 1. The molecule has 0 atom stereocenters. The zero-order valence-electron chi connectivity index (χ0n) is 17.1.